The van der Waals surface area contributed by atoms with Crippen LogP contribution in [0.25, 0.3) is 0 Å². The minimum absolute atomic E-state index is 0.274. The minimum atomic E-state index is -1.25. The van der Waals surface area contributed by atoms with Crippen LogP contribution in [0.4, 0.5) is 0 Å². The van der Waals surface area contributed by atoms with Crippen LogP contribution < -0.4 is 5.48 Å². The van der Waals surface area contributed by atoms with Crippen molar-refractivity contribution in [3.05, 3.63) is 0 Å². The molecule has 6 heteroatoms. The fourth-order valence-corrected chi connectivity index (χ4v) is 0.682. The van der Waals surface area contributed by atoms with Crippen molar-refractivity contribution in [1.29, 1.82) is 0 Å². The van der Waals surface area contributed by atoms with E-state index in [4.69, 9.17) is 10.2 Å². The summed E-state index contributed by atoms with van der Waals surface area (Å²) in [5.74, 6) is -3.47. The van der Waals surface area contributed by atoms with E-state index < -0.39 is 23.9 Å². The summed E-state index contributed by atoms with van der Waals surface area (Å²) in [5, 5.41) is 17.2. The van der Waals surface area contributed by atoms with Gasteiger partial charge in [-0.15, -0.1) is 0 Å². The Bertz CT molecular complexity index is 193. The van der Waals surface area contributed by atoms with E-state index in [1.165, 1.54) is 6.92 Å². The summed E-state index contributed by atoms with van der Waals surface area (Å²) in [5.41, 5.74) is 2.17. The summed E-state index contributed by atoms with van der Waals surface area (Å²) in [6.45, 7) is 3.24. The smallest absolute Gasteiger partial charge is 0.323 e. The van der Waals surface area contributed by atoms with Gasteiger partial charge in [0, 0.05) is 0 Å². The van der Waals surface area contributed by atoms with Crippen LogP contribution in [-0.2, 0) is 14.4 Å². The van der Waals surface area contributed by atoms with Crippen LogP contribution in [0.5, 0.6) is 0 Å². The van der Waals surface area contributed by atoms with Gasteiger partial charge in [0.25, 0.3) is 0 Å². The van der Waals surface area contributed by atoms with Crippen molar-refractivity contribution in [2.45, 2.75) is 19.9 Å². The molecule has 3 N–H and O–H groups in total. The van der Waals surface area contributed by atoms with Gasteiger partial charge in [-0.25, -0.2) is 0 Å². The maximum atomic E-state index is 10.5. The van der Waals surface area contributed by atoms with E-state index in [0.29, 0.717) is 0 Å². The van der Waals surface area contributed by atoms with Gasteiger partial charge >= 0.3 is 11.9 Å². The molecule has 0 amide bonds. The molecule has 0 saturated carbocycles. The van der Waals surface area contributed by atoms with Crippen molar-refractivity contribution in [2.24, 2.45) is 5.92 Å². The van der Waals surface area contributed by atoms with Crippen molar-refractivity contribution in [3.8, 4) is 0 Å². The van der Waals surface area contributed by atoms with Crippen molar-refractivity contribution < 1.29 is 24.6 Å². The summed E-state index contributed by atoms with van der Waals surface area (Å²) in [7, 11) is 0. The number of carbonyl (C=O) groups is 2. The number of nitrogens with one attached hydrogen (secondary N) is 1. The molecule has 0 aromatic carbocycles. The van der Waals surface area contributed by atoms with Gasteiger partial charge in [0.15, 0.2) is 0 Å². The second-order valence-electron chi connectivity index (χ2n) is 2.49. The molecule has 0 radical (unpaired) electrons. The Hall–Kier alpha value is -1.14. The highest BCUT2D eigenvalue weighted by Gasteiger charge is 2.29. The molecule has 2 atom stereocenters. The van der Waals surface area contributed by atoms with E-state index in [1.807, 2.05) is 0 Å². The molecule has 0 aliphatic heterocycles. The number of hydroxylamine groups is 1. The predicted octanol–water partition coefficient (Wildman–Crippen LogP) is -0.299. The van der Waals surface area contributed by atoms with Gasteiger partial charge in [0.2, 0.25) is 0 Å². The third-order valence-corrected chi connectivity index (χ3v) is 1.51. The molecule has 0 heterocycles. The quantitative estimate of drug-likeness (QED) is 0.499. The monoisotopic (exact) mass is 191 g/mol. The van der Waals surface area contributed by atoms with E-state index >= 15 is 0 Å². The second kappa shape index (κ2) is 5.50. The Morgan fingerprint density at radius 3 is 2.23 bits per heavy atom. The standard InChI is InChI=1S/C7H13NO5/c1-3-13-8-5(7(11)12)4(2)6(9)10/h4-5,8H,3H2,1-2H3,(H,9,10)(H,11,12). The Labute approximate surface area is 75.5 Å². The molecule has 0 fully saturated rings. The Morgan fingerprint density at radius 2 is 1.92 bits per heavy atom. The van der Waals surface area contributed by atoms with E-state index in [9.17, 15) is 9.59 Å². The molecule has 0 bridgehead atoms. The van der Waals surface area contributed by atoms with E-state index in [0.717, 1.165) is 0 Å². The van der Waals surface area contributed by atoms with Gasteiger partial charge in [-0.3, -0.25) is 9.59 Å². The average molecular weight is 191 g/mol. The molecular weight excluding hydrogens is 178 g/mol. The van der Waals surface area contributed by atoms with Crippen molar-refractivity contribution in [1.82, 2.24) is 5.48 Å². The van der Waals surface area contributed by atoms with Crippen LogP contribution in [0.1, 0.15) is 13.8 Å². The Morgan fingerprint density at radius 1 is 1.38 bits per heavy atom. The topological polar surface area (TPSA) is 95.9 Å². The molecule has 0 rings (SSSR count). The van der Waals surface area contributed by atoms with Crippen LogP contribution in [0.15, 0.2) is 0 Å². The molecule has 2 unspecified atom stereocenters. The predicted molar refractivity (Wildman–Crippen MR) is 43.0 cm³/mol. The van der Waals surface area contributed by atoms with Crippen molar-refractivity contribution in [3.63, 3.8) is 0 Å². The van der Waals surface area contributed by atoms with Crippen LogP contribution in [0.2, 0.25) is 0 Å². The highest BCUT2D eigenvalue weighted by atomic mass is 16.6. The zero-order chi connectivity index (χ0) is 10.4. The summed E-state index contributed by atoms with van der Waals surface area (Å²) in [6, 6.07) is -1.22. The lowest BCUT2D eigenvalue weighted by Gasteiger charge is -2.16. The maximum absolute atomic E-state index is 10.5. The van der Waals surface area contributed by atoms with Crippen LogP contribution in [-0.4, -0.2) is 34.8 Å². The number of hydrogen-bond donors (Lipinski definition) is 3. The van der Waals surface area contributed by atoms with Gasteiger partial charge in [0.05, 0.1) is 12.5 Å². The molecular formula is C7H13NO5. The molecule has 0 aliphatic rings. The van der Waals surface area contributed by atoms with E-state index in [-0.39, 0.29) is 6.61 Å². The third-order valence-electron chi connectivity index (χ3n) is 1.51. The molecule has 13 heavy (non-hydrogen) atoms. The summed E-state index contributed by atoms with van der Waals surface area (Å²) in [6.07, 6.45) is 0. The van der Waals surface area contributed by atoms with Gasteiger partial charge in [-0.05, 0) is 13.8 Å². The third kappa shape index (κ3) is 3.86. The molecule has 0 spiro atoms. The number of carboxylic acid groups (broad SMARTS) is 2. The summed E-state index contributed by atoms with van der Waals surface area (Å²) < 4.78 is 0. The number of hydrogen-bond acceptors (Lipinski definition) is 4. The lowest BCUT2D eigenvalue weighted by molar-refractivity contribution is -0.155. The zero-order valence-corrected chi connectivity index (χ0v) is 7.48. The zero-order valence-electron chi connectivity index (χ0n) is 7.48. The molecule has 0 aliphatic carbocycles. The Kier molecular flexibility index (Phi) is 5.01. The average Bonchev–Trinajstić information content (AvgIpc) is 2.04. The molecule has 76 valence electrons. The Balaban J connectivity index is 4.24. The maximum Gasteiger partial charge on any atom is 0.323 e. The first-order chi connectivity index (χ1) is 6.00. The van der Waals surface area contributed by atoms with Crippen molar-refractivity contribution in [2.75, 3.05) is 6.61 Å². The van der Waals surface area contributed by atoms with Crippen LogP contribution in [0.3, 0.4) is 0 Å². The van der Waals surface area contributed by atoms with Crippen molar-refractivity contribution >= 4 is 11.9 Å². The summed E-state index contributed by atoms with van der Waals surface area (Å²) in [4.78, 5) is 25.6. The van der Waals surface area contributed by atoms with E-state index in [1.54, 1.807) is 6.92 Å². The number of aliphatic carboxylic acids is 2. The van der Waals surface area contributed by atoms with Gasteiger partial charge < -0.3 is 15.1 Å². The van der Waals surface area contributed by atoms with Gasteiger partial charge in [-0.2, -0.15) is 5.48 Å². The normalized spacial score (nSPS) is 14.9. The highest BCUT2D eigenvalue weighted by molar-refractivity contribution is 5.82. The molecule has 6 nitrogen and oxygen atoms in total. The number of carboxylic acids is 2. The fourth-order valence-electron chi connectivity index (χ4n) is 0.682. The van der Waals surface area contributed by atoms with E-state index in [2.05, 4.69) is 10.3 Å². The second-order valence-corrected chi connectivity index (χ2v) is 2.49. The van der Waals surface area contributed by atoms with Gasteiger partial charge in [0.1, 0.15) is 6.04 Å². The minimum Gasteiger partial charge on any atom is -0.481 e. The largest absolute Gasteiger partial charge is 0.481 e. The molecule has 0 saturated heterocycles. The first-order valence-electron chi connectivity index (χ1n) is 3.83. The molecule has 0 aromatic rings. The van der Waals surface area contributed by atoms with Crippen LogP contribution >= 0.6 is 0 Å². The molecule has 0 aromatic heterocycles. The lowest BCUT2D eigenvalue weighted by atomic mass is 10.0. The lowest BCUT2D eigenvalue weighted by Crippen LogP contribution is -2.44. The number of rotatable bonds is 6. The SMILES string of the molecule is CCONC(C(=O)O)C(C)C(=O)O. The summed E-state index contributed by atoms with van der Waals surface area (Å²) >= 11 is 0. The van der Waals surface area contributed by atoms with Crippen LogP contribution in [0, 0.1) is 5.92 Å². The van der Waals surface area contributed by atoms with Gasteiger partial charge in [-0.1, -0.05) is 0 Å². The fraction of sp³-hybridized carbons (Fsp3) is 0.714. The first-order valence-corrected chi connectivity index (χ1v) is 3.83. The highest BCUT2D eigenvalue weighted by Crippen LogP contribution is 2.03. The first kappa shape index (κ1) is 11.9.